The maximum Gasteiger partial charge on any atom is 0.430 e. The van der Waals surface area contributed by atoms with Gasteiger partial charge in [0.15, 0.2) is 5.60 Å². The van der Waals surface area contributed by atoms with Gasteiger partial charge < -0.3 is 20.0 Å². The number of amides is 2. The van der Waals surface area contributed by atoms with Crippen LogP contribution in [0, 0.1) is 5.82 Å². The molecule has 1 unspecified atom stereocenters. The first-order valence-corrected chi connectivity index (χ1v) is 13.8. The zero-order valence-corrected chi connectivity index (χ0v) is 22.7. The SMILES string of the molecule is O=C(N1CCC(O)(C(F)(F)F)CC1)N1CC[C@](c2ccc(C(O)(C(F)(F)F)C(F)(F)F)cc2)(S(=O)c2ccc(F)cc2)C1. The zero-order chi connectivity index (χ0) is 32.2. The number of piperidine rings is 1. The molecule has 2 aromatic rings. The first-order chi connectivity index (χ1) is 19.7. The Morgan fingerprint density at radius 2 is 1.26 bits per heavy atom. The minimum Gasteiger partial charge on any atom is -0.380 e. The van der Waals surface area contributed by atoms with Crippen LogP contribution in [-0.4, -0.2) is 80.6 Å². The summed E-state index contributed by atoms with van der Waals surface area (Å²) in [5, 5.41) is 19.6. The first kappa shape index (κ1) is 33.0. The van der Waals surface area contributed by atoms with Crippen molar-refractivity contribution in [3.63, 3.8) is 0 Å². The summed E-state index contributed by atoms with van der Waals surface area (Å²) < 4.78 is 146. The van der Waals surface area contributed by atoms with E-state index in [0.717, 1.165) is 46.2 Å². The van der Waals surface area contributed by atoms with E-state index in [1.165, 1.54) is 0 Å². The topological polar surface area (TPSA) is 81.1 Å². The Labute approximate surface area is 240 Å². The van der Waals surface area contributed by atoms with Gasteiger partial charge in [-0.2, -0.15) is 39.5 Å². The maximum absolute atomic E-state index is 13.9. The molecule has 4 rings (SSSR count). The van der Waals surface area contributed by atoms with Crippen LogP contribution in [0.25, 0.3) is 0 Å². The highest BCUT2D eigenvalue weighted by atomic mass is 32.2. The van der Waals surface area contributed by atoms with Gasteiger partial charge in [-0.25, -0.2) is 9.18 Å². The molecular formula is C26H24F10N2O4S. The minimum absolute atomic E-state index is 0.0232. The third-order valence-electron chi connectivity index (χ3n) is 7.92. The van der Waals surface area contributed by atoms with Gasteiger partial charge >= 0.3 is 24.6 Å². The van der Waals surface area contributed by atoms with Gasteiger partial charge in [0.2, 0.25) is 0 Å². The molecule has 0 aromatic heterocycles. The van der Waals surface area contributed by atoms with Gasteiger partial charge in [-0.1, -0.05) is 24.3 Å². The molecule has 2 amide bonds. The van der Waals surface area contributed by atoms with Crippen molar-refractivity contribution in [2.75, 3.05) is 26.2 Å². The van der Waals surface area contributed by atoms with Crippen LogP contribution < -0.4 is 0 Å². The Balaban J connectivity index is 1.68. The number of carbonyl (C=O) groups excluding carboxylic acids is 1. The number of likely N-dealkylation sites (tertiary alicyclic amines) is 2. The summed E-state index contributed by atoms with van der Waals surface area (Å²) in [6.45, 7) is -1.51. The molecule has 0 bridgehead atoms. The van der Waals surface area contributed by atoms with Gasteiger partial charge in [-0.3, -0.25) is 4.21 Å². The van der Waals surface area contributed by atoms with Crippen LogP contribution in [0.1, 0.15) is 30.4 Å². The number of hydrogen-bond acceptors (Lipinski definition) is 4. The van der Waals surface area contributed by atoms with Crippen LogP contribution in [0.4, 0.5) is 48.7 Å². The lowest BCUT2D eigenvalue weighted by atomic mass is 9.89. The van der Waals surface area contributed by atoms with Gasteiger partial charge in [0.05, 0.1) is 15.5 Å². The number of rotatable bonds is 4. The highest BCUT2D eigenvalue weighted by molar-refractivity contribution is 7.86. The van der Waals surface area contributed by atoms with E-state index in [4.69, 9.17) is 0 Å². The molecule has 2 heterocycles. The molecule has 2 aliphatic rings. The lowest BCUT2D eigenvalue weighted by Gasteiger charge is -2.40. The largest absolute Gasteiger partial charge is 0.430 e. The predicted octanol–water partition coefficient (Wildman–Crippen LogP) is 5.36. The molecule has 0 saturated carbocycles. The summed E-state index contributed by atoms with van der Waals surface area (Å²) >= 11 is 0. The summed E-state index contributed by atoms with van der Waals surface area (Å²) in [6, 6.07) is 5.88. The second-order valence-electron chi connectivity index (χ2n) is 10.5. The molecule has 2 saturated heterocycles. The van der Waals surface area contributed by atoms with Crippen molar-refractivity contribution in [3.05, 3.63) is 65.5 Å². The molecule has 0 radical (unpaired) electrons. The smallest absolute Gasteiger partial charge is 0.380 e. The number of aliphatic hydroxyl groups is 2. The second kappa shape index (κ2) is 10.9. The van der Waals surface area contributed by atoms with Crippen molar-refractivity contribution >= 4 is 16.8 Å². The van der Waals surface area contributed by atoms with Gasteiger partial charge in [0.1, 0.15) is 5.82 Å². The summed E-state index contributed by atoms with van der Waals surface area (Å²) in [6.07, 6.45) is -19.0. The number of nitrogens with zero attached hydrogens (tertiary/aromatic N) is 2. The van der Waals surface area contributed by atoms with Crippen molar-refractivity contribution in [1.82, 2.24) is 9.80 Å². The fraction of sp³-hybridized carbons (Fsp3) is 0.500. The minimum atomic E-state index is -6.15. The van der Waals surface area contributed by atoms with Crippen molar-refractivity contribution in [2.24, 2.45) is 0 Å². The summed E-state index contributed by atoms with van der Waals surface area (Å²) in [5.74, 6) is -0.690. The van der Waals surface area contributed by atoms with E-state index in [0.29, 0.717) is 12.1 Å². The third-order valence-corrected chi connectivity index (χ3v) is 9.90. The van der Waals surface area contributed by atoms with Gasteiger partial charge in [-0.05, 0) is 36.2 Å². The van der Waals surface area contributed by atoms with Crippen molar-refractivity contribution in [3.8, 4) is 0 Å². The molecule has 43 heavy (non-hydrogen) atoms. The molecule has 2 N–H and O–H groups in total. The summed E-state index contributed by atoms with van der Waals surface area (Å²) in [7, 11) is -2.18. The Hall–Kier alpha value is -2.92. The number of benzene rings is 2. The molecular weight excluding hydrogens is 626 g/mol. The molecule has 238 valence electrons. The highest BCUT2D eigenvalue weighted by Gasteiger charge is 2.71. The van der Waals surface area contributed by atoms with E-state index >= 15 is 0 Å². The molecule has 2 fully saturated rings. The van der Waals surface area contributed by atoms with Crippen LogP contribution in [0.15, 0.2) is 53.4 Å². The third kappa shape index (κ3) is 5.70. The number of carbonyl (C=O) groups is 1. The van der Waals surface area contributed by atoms with Crippen LogP contribution in [0.2, 0.25) is 0 Å². The molecule has 6 nitrogen and oxygen atoms in total. The summed E-state index contributed by atoms with van der Waals surface area (Å²) in [4.78, 5) is 15.5. The van der Waals surface area contributed by atoms with Crippen LogP contribution >= 0.6 is 0 Å². The van der Waals surface area contributed by atoms with Crippen molar-refractivity contribution in [1.29, 1.82) is 0 Å². The molecule has 2 aromatic carbocycles. The van der Waals surface area contributed by atoms with Gasteiger partial charge in [0, 0.05) is 49.5 Å². The quantitative estimate of drug-likeness (QED) is 0.438. The standard InChI is InChI=1S/C26H24F10N2O4S/c27-18-5-7-19(8-6-18)43(42)21(16-1-3-17(4-2-16)23(41,25(31,32)33)26(34,35)36)9-12-38(15-21)20(39)37-13-10-22(40,11-14-37)24(28,29)30/h1-8,40-41H,9-15H2/t21-,43?/m0/s1. The van der Waals surface area contributed by atoms with E-state index in [1.54, 1.807) is 0 Å². The van der Waals surface area contributed by atoms with Crippen LogP contribution in [0.5, 0.6) is 0 Å². The highest BCUT2D eigenvalue weighted by Crippen LogP contribution is 2.51. The van der Waals surface area contributed by atoms with Gasteiger partial charge in [0.25, 0.3) is 5.60 Å². The lowest BCUT2D eigenvalue weighted by molar-refractivity contribution is -0.376. The average molecular weight is 651 g/mol. The maximum atomic E-state index is 13.9. The Kier molecular flexibility index (Phi) is 8.37. The Morgan fingerprint density at radius 1 is 0.767 bits per heavy atom. The second-order valence-corrected chi connectivity index (χ2v) is 12.3. The Bertz CT molecular complexity index is 1340. The molecule has 2 aliphatic heterocycles. The lowest BCUT2D eigenvalue weighted by Crippen LogP contribution is -2.56. The van der Waals surface area contributed by atoms with E-state index in [9.17, 15) is 63.1 Å². The van der Waals surface area contributed by atoms with E-state index < -0.39 is 95.2 Å². The molecule has 17 heteroatoms. The number of alkyl halides is 9. The fourth-order valence-electron chi connectivity index (χ4n) is 5.28. The molecule has 2 atom stereocenters. The zero-order valence-electron chi connectivity index (χ0n) is 21.9. The number of hydrogen-bond donors (Lipinski definition) is 2. The van der Waals surface area contributed by atoms with E-state index in [2.05, 4.69) is 0 Å². The predicted molar refractivity (Wildman–Crippen MR) is 130 cm³/mol. The number of halogens is 10. The Morgan fingerprint density at radius 3 is 1.72 bits per heavy atom. The normalized spacial score (nSPS) is 22.5. The van der Waals surface area contributed by atoms with Crippen LogP contribution in [0.3, 0.4) is 0 Å². The molecule has 0 spiro atoms. The average Bonchev–Trinajstić information content (AvgIpc) is 3.37. The van der Waals surface area contributed by atoms with E-state index in [-0.39, 0.29) is 23.4 Å². The van der Waals surface area contributed by atoms with Crippen molar-refractivity contribution in [2.45, 2.75) is 58.6 Å². The first-order valence-electron chi connectivity index (χ1n) is 12.6. The van der Waals surface area contributed by atoms with Crippen molar-refractivity contribution < 1.29 is 63.1 Å². The number of urea groups is 1. The monoisotopic (exact) mass is 650 g/mol. The van der Waals surface area contributed by atoms with Crippen LogP contribution in [-0.2, 0) is 21.1 Å². The fourth-order valence-corrected chi connectivity index (χ4v) is 7.01. The van der Waals surface area contributed by atoms with E-state index in [1.807, 2.05) is 0 Å². The summed E-state index contributed by atoms with van der Waals surface area (Å²) in [5.41, 5.74) is -9.83. The molecule has 0 aliphatic carbocycles. The van der Waals surface area contributed by atoms with Gasteiger partial charge in [-0.15, -0.1) is 0 Å².